The third kappa shape index (κ3) is 5.18. The van der Waals surface area contributed by atoms with Gasteiger partial charge in [0, 0.05) is 23.4 Å². The molecule has 0 fully saturated rings. The van der Waals surface area contributed by atoms with Crippen molar-refractivity contribution in [3.63, 3.8) is 0 Å². The topological polar surface area (TPSA) is 49.3 Å². The third-order valence-electron chi connectivity index (χ3n) is 2.30. The Morgan fingerprint density at radius 1 is 1.16 bits per heavy atom. The van der Waals surface area contributed by atoms with Crippen molar-refractivity contribution in [3.8, 4) is 11.5 Å². The lowest BCUT2D eigenvalue weighted by atomic mass is 10.2. The molecule has 0 saturated heterocycles. The van der Waals surface area contributed by atoms with Crippen LogP contribution in [0.5, 0.6) is 11.5 Å². The standard InChI is InChI=1S/C13H18BrNO4/c1-16-9-19-5-4-15-8-10-6-12(17-2)13(18-3)7-11(10)14/h6-8H,4-5,9H2,1-3H3. The molecule has 0 N–H and O–H groups in total. The summed E-state index contributed by atoms with van der Waals surface area (Å²) < 4.78 is 21.3. The van der Waals surface area contributed by atoms with Gasteiger partial charge >= 0.3 is 0 Å². The average molecular weight is 332 g/mol. The van der Waals surface area contributed by atoms with E-state index in [0.717, 1.165) is 10.0 Å². The van der Waals surface area contributed by atoms with Crippen molar-refractivity contribution in [2.24, 2.45) is 4.99 Å². The van der Waals surface area contributed by atoms with E-state index in [1.807, 2.05) is 12.1 Å². The van der Waals surface area contributed by atoms with E-state index in [0.29, 0.717) is 24.7 Å². The van der Waals surface area contributed by atoms with E-state index in [1.54, 1.807) is 27.5 Å². The fraction of sp³-hybridized carbons (Fsp3) is 0.462. The lowest BCUT2D eigenvalue weighted by molar-refractivity contribution is -0.0270. The summed E-state index contributed by atoms with van der Waals surface area (Å²) in [6.07, 6.45) is 1.77. The van der Waals surface area contributed by atoms with Crippen LogP contribution in [0.15, 0.2) is 21.6 Å². The van der Waals surface area contributed by atoms with Crippen molar-refractivity contribution < 1.29 is 18.9 Å². The molecule has 0 aromatic heterocycles. The Labute approximate surface area is 121 Å². The maximum atomic E-state index is 5.24. The van der Waals surface area contributed by atoms with Crippen LogP contribution in [-0.2, 0) is 9.47 Å². The minimum atomic E-state index is 0.287. The van der Waals surface area contributed by atoms with Gasteiger partial charge in [-0.1, -0.05) is 0 Å². The number of hydrogen-bond donors (Lipinski definition) is 0. The molecule has 0 atom stereocenters. The van der Waals surface area contributed by atoms with Crippen molar-refractivity contribution in [2.75, 3.05) is 41.3 Å². The summed E-state index contributed by atoms with van der Waals surface area (Å²) in [5.74, 6) is 1.35. The van der Waals surface area contributed by atoms with E-state index in [4.69, 9.17) is 18.9 Å². The Morgan fingerprint density at radius 3 is 2.47 bits per heavy atom. The van der Waals surface area contributed by atoms with Crippen LogP contribution in [0.1, 0.15) is 5.56 Å². The van der Waals surface area contributed by atoms with Crippen molar-refractivity contribution in [3.05, 3.63) is 22.2 Å². The second-order valence-corrected chi connectivity index (χ2v) is 4.43. The fourth-order valence-corrected chi connectivity index (χ4v) is 1.82. The van der Waals surface area contributed by atoms with Gasteiger partial charge in [0.15, 0.2) is 11.5 Å². The number of rotatable bonds is 8. The van der Waals surface area contributed by atoms with E-state index < -0.39 is 0 Å². The average Bonchev–Trinajstić information content (AvgIpc) is 2.43. The summed E-state index contributed by atoms with van der Waals surface area (Å²) in [6, 6.07) is 3.71. The highest BCUT2D eigenvalue weighted by atomic mass is 79.9. The molecule has 0 spiro atoms. The van der Waals surface area contributed by atoms with Gasteiger partial charge in [-0.25, -0.2) is 0 Å². The predicted molar refractivity (Wildman–Crippen MR) is 77.5 cm³/mol. The Hall–Kier alpha value is -1.11. The maximum absolute atomic E-state index is 5.24. The smallest absolute Gasteiger partial charge is 0.161 e. The molecule has 5 nitrogen and oxygen atoms in total. The molecule has 1 rings (SSSR count). The second kappa shape index (κ2) is 8.90. The number of benzene rings is 1. The summed E-state index contributed by atoms with van der Waals surface area (Å²) in [5.41, 5.74) is 0.921. The van der Waals surface area contributed by atoms with Gasteiger partial charge in [-0.15, -0.1) is 0 Å². The molecule has 0 radical (unpaired) electrons. The van der Waals surface area contributed by atoms with E-state index in [9.17, 15) is 0 Å². The molecule has 1 aromatic carbocycles. The zero-order chi connectivity index (χ0) is 14.1. The lowest BCUT2D eigenvalue weighted by Crippen LogP contribution is -2.01. The van der Waals surface area contributed by atoms with Crippen LogP contribution >= 0.6 is 15.9 Å². The molecule has 1 aromatic rings. The van der Waals surface area contributed by atoms with Crippen molar-refractivity contribution in [2.45, 2.75) is 0 Å². The van der Waals surface area contributed by atoms with Gasteiger partial charge in [0.2, 0.25) is 0 Å². The van der Waals surface area contributed by atoms with Gasteiger partial charge in [0.05, 0.1) is 27.4 Å². The number of nitrogens with zero attached hydrogens (tertiary/aromatic N) is 1. The van der Waals surface area contributed by atoms with E-state index >= 15 is 0 Å². The molecule has 0 bridgehead atoms. The van der Waals surface area contributed by atoms with Crippen LogP contribution in [0.3, 0.4) is 0 Å². The minimum Gasteiger partial charge on any atom is -0.493 e. The fourth-order valence-electron chi connectivity index (χ4n) is 1.39. The first-order chi connectivity index (χ1) is 9.22. The zero-order valence-corrected chi connectivity index (χ0v) is 12.9. The van der Waals surface area contributed by atoms with Gasteiger partial charge in [0.25, 0.3) is 0 Å². The number of aliphatic imine (C=N–C) groups is 1. The quantitative estimate of drug-likeness (QED) is 0.417. The van der Waals surface area contributed by atoms with Crippen LogP contribution in [0.4, 0.5) is 0 Å². The highest BCUT2D eigenvalue weighted by Crippen LogP contribution is 2.32. The second-order valence-electron chi connectivity index (χ2n) is 3.58. The predicted octanol–water partition coefficient (Wildman–Crippen LogP) is 2.51. The van der Waals surface area contributed by atoms with Gasteiger partial charge < -0.3 is 18.9 Å². The van der Waals surface area contributed by atoms with Gasteiger partial charge in [-0.05, 0) is 28.1 Å². The molecular weight excluding hydrogens is 314 g/mol. The molecule has 0 aliphatic heterocycles. The van der Waals surface area contributed by atoms with Gasteiger partial charge in [0.1, 0.15) is 6.79 Å². The number of halogens is 1. The van der Waals surface area contributed by atoms with Crippen LogP contribution in [0.2, 0.25) is 0 Å². The molecule has 0 unspecified atom stereocenters. The normalized spacial score (nSPS) is 10.9. The van der Waals surface area contributed by atoms with Gasteiger partial charge in [-0.3, -0.25) is 4.99 Å². The van der Waals surface area contributed by atoms with E-state index in [1.165, 1.54) is 0 Å². The Kier molecular flexibility index (Phi) is 7.47. The Balaban J connectivity index is 2.65. The lowest BCUT2D eigenvalue weighted by Gasteiger charge is -2.09. The SMILES string of the molecule is COCOCCN=Cc1cc(OC)c(OC)cc1Br. The molecule has 19 heavy (non-hydrogen) atoms. The first-order valence-electron chi connectivity index (χ1n) is 5.71. The minimum absolute atomic E-state index is 0.287. The van der Waals surface area contributed by atoms with Gasteiger partial charge in [-0.2, -0.15) is 0 Å². The number of ether oxygens (including phenoxy) is 4. The molecule has 6 heteroatoms. The van der Waals surface area contributed by atoms with E-state index in [-0.39, 0.29) is 6.79 Å². The van der Waals surface area contributed by atoms with Crippen molar-refractivity contribution in [1.82, 2.24) is 0 Å². The number of methoxy groups -OCH3 is 3. The zero-order valence-electron chi connectivity index (χ0n) is 11.3. The molecule has 0 heterocycles. The van der Waals surface area contributed by atoms with E-state index in [2.05, 4.69) is 20.9 Å². The number of hydrogen-bond acceptors (Lipinski definition) is 5. The maximum Gasteiger partial charge on any atom is 0.161 e. The molecule has 0 aliphatic carbocycles. The largest absolute Gasteiger partial charge is 0.493 e. The van der Waals surface area contributed by atoms with Crippen molar-refractivity contribution in [1.29, 1.82) is 0 Å². The Bertz CT molecular complexity index is 423. The molecule has 106 valence electrons. The highest BCUT2D eigenvalue weighted by Gasteiger charge is 2.07. The van der Waals surface area contributed by atoms with Crippen LogP contribution in [-0.4, -0.2) is 47.5 Å². The molecule has 0 amide bonds. The van der Waals surface area contributed by atoms with Crippen molar-refractivity contribution >= 4 is 22.1 Å². The van der Waals surface area contributed by atoms with Crippen LogP contribution in [0.25, 0.3) is 0 Å². The van der Waals surface area contributed by atoms with Crippen LogP contribution in [0, 0.1) is 0 Å². The molecule has 0 aliphatic rings. The summed E-state index contributed by atoms with van der Waals surface area (Å²) in [4.78, 5) is 4.27. The van der Waals surface area contributed by atoms with Crippen LogP contribution < -0.4 is 9.47 Å². The summed E-state index contributed by atoms with van der Waals surface area (Å²) in [7, 11) is 4.79. The third-order valence-corrected chi connectivity index (χ3v) is 2.99. The summed E-state index contributed by atoms with van der Waals surface area (Å²) in [5, 5.41) is 0. The molecular formula is C13H18BrNO4. The first kappa shape index (κ1) is 15.9. The highest BCUT2D eigenvalue weighted by molar-refractivity contribution is 9.10. The monoisotopic (exact) mass is 331 g/mol. The summed E-state index contributed by atoms with van der Waals surface area (Å²) in [6.45, 7) is 1.38. The summed E-state index contributed by atoms with van der Waals surface area (Å²) >= 11 is 3.47. The first-order valence-corrected chi connectivity index (χ1v) is 6.50. The Morgan fingerprint density at radius 2 is 1.84 bits per heavy atom. The molecule has 0 saturated carbocycles.